The average molecular weight is 179 g/mol. The minimum atomic E-state index is 0.357. The van der Waals surface area contributed by atoms with Gasteiger partial charge >= 0.3 is 0 Å². The molecule has 0 aliphatic rings. The van der Waals surface area contributed by atoms with Crippen molar-refractivity contribution in [3.63, 3.8) is 0 Å². The van der Waals surface area contributed by atoms with E-state index in [0.717, 1.165) is 24.2 Å². The van der Waals surface area contributed by atoms with Gasteiger partial charge in [-0.25, -0.2) is 0 Å². The van der Waals surface area contributed by atoms with Gasteiger partial charge in [0.1, 0.15) is 5.75 Å². The Morgan fingerprint density at radius 2 is 1.77 bits per heavy atom. The summed E-state index contributed by atoms with van der Waals surface area (Å²) in [5.41, 5.74) is 3.59. The molecule has 0 radical (unpaired) electrons. The first-order valence-electron chi connectivity index (χ1n) is 4.65. The van der Waals surface area contributed by atoms with Crippen molar-refractivity contribution in [1.82, 2.24) is 5.32 Å². The Hall–Kier alpha value is -1.02. The molecule has 0 aromatic heterocycles. The summed E-state index contributed by atoms with van der Waals surface area (Å²) in [6, 6.07) is 3.61. The fourth-order valence-electron chi connectivity index (χ4n) is 1.50. The summed E-state index contributed by atoms with van der Waals surface area (Å²) in [6.07, 6.45) is 0. The summed E-state index contributed by atoms with van der Waals surface area (Å²) in [5, 5.41) is 12.6. The Labute approximate surface area is 79.6 Å². The van der Waals surface area contributed by atoms with E-state index in [1.54, 1.807) is 12.1 Å². The maximum absolute atomic E-state index is 9.32. The summed E-state index contributed by atoms with van der Waals surface area (Å²) in [4.78, 5) is 0. The molecule has 0 unspecified atom stereocenters. The molecule has 0 amide bonds. The van der Waals surface area contributed by atoms with Gasteiger partial charge in [-0.15, -0.1) is 0 Å². The molecule has 0 aliphatic heterocycles. The van der Waals surface area contributed by atoms with Gasteiger partial charge in [-0.1, -0.05) is 6.92 Å². The van der Waals surface area contributed by atoms with E-state index in [1.165, 1.54) is 5.56 Å². The van der Waals surface area contributed by atoms with Crippen LogP contribution in [0.5, 0.6) is 5.75 Å². The molecule has 0 saturated heterocycles. The first kappa shape index (κ1) is 10.1. The van der Waals surface area contributed by atoms with Crippen molar-refractivity contribution in [2.45, 2.75) is 27.3 Å². The van der Waals surface area contributed by atoms with Crippen LogP contribution < -0.4 is 5.32 Å². The van der Waals surface area contributed by atoms with Gasteiger partial charge in [0.25, 0.3) is 0 Å². The molecule has 1 aromatic carbocycles. The lowest BCUT2D eigenvalue weighted by Gasteiger charge is -2.10. The number of hydrogen-bond acceptors (Lipinski definition) is 2. The molecule has 2 heteroatoms. The molecule has 13 heavy (non-hydrogen) atoms. The van der Waals surface area contributed by atoms with Crippen LogP contribution in [0.25, 0.3) is 0 Å². The van der Waals surface area contributed by atoms with E-state index in [4.69, 9.17) is 0 Å². The second-order valence-corrected chi connectivity index (χ2v) is 3.34. The Morgan fingerprint density at radius 1 is 1.23 bits per heavy atom. The van der Waals surface area contributed by atoms with Crippen LogP contribution in [0.3, 0.4) is 0 Å². The van der Waals surface area contributed by atoms with Crippen LogP contribution >= 0.6 is 0 Å². The third-order valence-electron chi connectivity index (χ3n) is 2.23. The first-order chi connectivity index (χ1) is 6.15. The van der Waals surface area contributed by atoms with Gasteiger partial charge in [-0.05, 0) is 49.2 Å². The molecule has 2 nitrogen and oxygen atoms in total. The smallest absolute Gasteiger partial charge is 0.116 e. The molecule has 1 aromatic rings. The summed E-state index contributed by atoms with van der Waals surface area (Å²) in [5.74, 6) is 0.357. The third kappa shape index (κ3) is 2.46. The van der Waals surface area contributed by atoms with E-state index in [-0.39, 0.29) is 0 Å². The average Bonchev–Trinajstić information content (AvgIpc) is 2.02. The minimum absolute atomic E-state index is 0.357. The van der Waals surface area contributed by atoms with Gasteiger partial charge < -0.3 is 10.4 Å². The number of phenolic OH excluding ortho intramolecular Hbond substituents is 1. The Kier molecular flexibility index (Phi) is 3.32. The fourth-order valence-corrected chi connectivity index (χ4v) is 1.50. The highest BCUT2D eigenvalue weighted by molar-refractivity contribution is 5.40. The predicted octanol–water partition coefficient (Wildman–Crippen LogP) is 2.12. The second kappa shape index (κ2) is 4.28. The van der Waals surface area contributed by atoms with Crippen LogP contribution in [0.2, 0.25) is 0 Å². The fraction of sp³-hybridized carbons (Fsp3) is 0.455. The van der Waals surface area contributed by atoms with Gasteiger partial charge in [0.15, 0.2) is 0 Å². The van der Waals surface area contributed by atoms with Crippen molar-refractivity contribution < 1.29 is 5.11 Å². The predicted molar refractivity (Wildman–Crippen MR) is 55.0 cm³/mol. The molecule has 2 N–H and O–H groups in total. The summed E-state index contributed by atoms with van der Waals surface area (Å²) >= 11 is 0. The summed E-state index contributed by atoms with van der Waals surface area (Å²) in [7, 11) is 0. The molecule has 0 aliphatic carbocycles. The van der Waals surface area contributed by atoms with Crippen LogP contribution in [0.15, 0.2) is 12.1 Å². The summed E-state index contributed by atoms with van der Waals surface area (Å²) in [6.45, 7) is 8.00. The van der Waals surface area contributed by atoms with Crippen molar-refractivity contribution in [3.05, 3.63) is 28.8 Å². The van der Waals surface area contributed by atoms with Crippen molar-refractivity contribution >= 4 is 0 Å². The molecule has 0 bridgehead atoms. The Morgan fingerprint density at radius 3 is 2.23 bits per heavy atom. The largest absolute Gasteiger partial charge is 0.508 e. The molecule has 0 saturated carbocycles. The monoisotopic (exact) mass is 179 g/mol. The molecule has 0 heterocycles. The van der Waals surface area contributed by atoms with Gasteiger partial charge in [-0.3, -0.25) is 0 Å². The number of benzene rings is 1. The third-order valence-corrected chi connectivity index (χ3v) is 2.23. The maximum Gasteiger partial charge on any atom is 0.116 e. The Bertz CT molecular complexity index is 271. The van der Waals surface area contributed by atoms with Crippen LogP contribution in [-0.4, -0.2) is 11.7 Å². The normalized spacial score (nSPS) is 10.4. The highest BCUT2D eigenvalue weighted by Crippen LogP contribution is 2.20. The van der Waals surface area contributed by atoms with E-state index in [2.05, 4.69) is 12.2 Å². The standard InChI is InChI=1S/C11H17NO/c1-4-12-7-11-8(2)5-10(13)6-9(11)3/h5-6,12-13H,4,7H2,1-3H3. The van der Waals surface area contributed by atoms with Crippen LogP contribution in [0.4, 0.5) is 0 Å². The maximum atomic E-state index is 9.32. The molecule has 1 rings (SSSR count). The zero-order valence-electron chi connectivity index (χ0n) is 8.52. The zero-order chi connectivity index (χ0) is 9.84. The van der Waals surface area contributed by atoms with E-state index in [9.17, 15) is 5.11 Å². The topological polar surface area (TPSA) is 32.3 Å². The highest BCUT2D eigenvalue weighted by atomic mass is 16.3. The van der Waals surface area contributed by atoms with Crippen LogP contribution in [0, 0.1) is 13.8 Å². The number of aryl methyl sites for hydroxylation is 2. The number of phenols is 1. The second-order valence-electron chi connectivity index (χ2n) is 3.34. The molecule has 0 atom stereocenters. The van der Waals surface area contributed by atoms with Crippen molar-refractivity contribution in [1.29, 1.82) is 0 Å². The molecule has 0 spiro atoms. The van der Waals surface area contributed by atoms with Gasteiger partial charge in [0.2, 0.25) is 0 Å². The van der Waals surface area contributed by atoms with E-state index >= 15 is 0 Å². The quantitative estimate of drug-likeness (QED) is 0.745. The number of hydrogen-bond donors (Lipinski definition) is 2. The van der Waals surface area contributed by atoms with Crippen molar-refractivity contribution in [3.8, 4) is 5.75 Å². The Balaban J connectivity index is 2.92. The van der Waals surface area contributed by atoms with E-state index in [1.807, 2.05) is 13.8 Å². The van der Waals surface area contributed by atoms with E-state index in [0.29, 0.717) is 5.75 Å². The lowest BCUT2D eigenvalue weighted by molar-refractivity contribution is 0.474. The van der Waals surface area contributed by atoms with Gasteiger partial charge in [0, 0.05) is 6.54 Å². The summed E-state index contributed by atoms with van der Waals surface area (Å²) < 4.78 is 0. The minimum Gasteiger partial charge on any atom is -0.508 e. The molecule has 0 fully saturated rings. The molecular weight excluding hydrogens is 162 g/mol. The SMILES string of the molecule is CCNCc1c(C)cc(O)cc1C. The number of nitrogens with one attached hydrogen (secondary N) is 1. The van der Waals surface area contributed by atoms with Crippen LogP contribution in [-0.2, 0) is 6.54 Å². The van der Waals surface area contributed by atoms with Gasteiger partial charge in [0.05, 0.1) is 0 Å². The van der Waals surface area contributed by atoms with Crippen molar-refractivity contribution in [2.75, 3.05) is 6.54 Å². The van der Waals surface area contributed by atoms with E-state index < -0.39 is 0 Å². The number of aromatic hydroxyl groups is 1. The molecule has 72 valence electrons. The zero-order valence-corrected chi connectivity index (χ0v) is 8.52. The lowest BCUT2D eigenvalue weighted by Crippen LogP contribution is -2.13. The van der Waals surface area contributed by atoms with Crippen LogP contribution in [0.1, 0.15) is 23.6 Å². The highest BCUT2D eigenvalue weighted by Gasteiger charge is 2.03. The number of rotatable bonds is 3. The van der Waals surface area contributed by atoms with Crippen molar-refractivity contribution in [2.24, 2.45) is 0 Å². The first-order valence-corrected chi connectivity index (χ1v) is 4.65. The van der Waals surface area contributed by atoms with Gasteiger partial charge in [-0.2, -0.15) is 0 Å². The lowest BCUT2D eigenvalue weighted by atomic mass is 10.0. The molecular formula is C11H17NO.